The minimum absolute atomic E-state index is 0.210. The smallest absolute Gasteiger partial charge is 0.278 e. The Morgan fingerprint density at radius 1 is 1.27 bits per heavy atom. The molecule has 0 saturated heterocycles. The van der Waals surface area contributed by atoms with Crippen molar-refractivity contribution in [3.05, 3.63) is 76.0 Å². The summed E-state index contributed by atoms with van der Waals surface area (Å²) in [6, 6.07) is 7.32. The van der Waals surface area contributed by atoms with Gasteiger partial charge in [0.25, 0.3) is 11.5 Å². The van der Waals surface area contributed by atoms with E-state index in [1.807, 2.05) is 19.1 Å². The van der Waals surface area contributed by atoms with E-state index in [4.69, 9.17) is 0 Å². The maximum absolute atomic E-state index is 13.1. The third-order valence-electron chi connectivity index (χ3n) is 5.30. The Kier molecular flexibility index (Phi) is 6.07. The SMILES string of the molecule is C=NN1C(NC)=CC(Nc2cccn(-c3ccc(C)nc3)c2=O)=N/C1=C(/C)C(=O)NC1CC1. The maximum atomic E-state index is 13.1. The summed E-state index contributed by atoms with van der Waals surface area (Å²) in [4.78, 5) is 34.6. The van der Waals surface area contributed by atoms with Gasteiger partial charge in [-0.2, -0.15) is 10.1 Å². The highest BCUT2D eigenvalue weighted by Crippen LogP contribution is 2.24. The predicted molar refractivity (Wildman–Crippen MR) is 128 cm³/mol. The lowest BCUT2D eigenvalue weighted by atomic mass is 10.2. The molecule has 33 heavy (non-hydrogen) atoms. The lowest BCUT2D eigenvalue weighted by Crippen LogP contribution is -2.35. The molecule has 2 aromatic heterocycles. The number of aliphatic imine (C=N–C) groups is 1. The number of carbonyl (C=O) groups is 1. The Morgan fingerprint density at radius 2 is 2.06 bits per heavy atom. The lowest BCUT2D eigenvalue weighted by Gasteiger charge is -2.27. The summed E-state index contributed by atoms with van der Waals surface area (Å²) >= 11 is 0. The van der Waals surface area contributed by atoms with Crippen LogP contribution in [0.3, 0.4) is 0 Å². The molecular formula is C23H26N8O2. The molecule has 3 heterocycles. The van der Waals surface area contributed by atoms with Gasteiger partial charge < -0.3 is 16.0 Å². The van der Waals surface area contributed by atoms with Crippen molar-refractivity contribution in [2.24, 2.45) is 10.1 Å². The van der Waals surface area contributed by atoms with Crippen molar-refractivity contribution in [3.63, 3.8) is 0 Å². The second kappa shape index (κ2) is 9.11. The number of carbonyl (C=O) groups excluding carboxylic acids is 1. The van der Waals surface area contributed by atoms with Crippen LogP contribution in [0.15, 0.2) is 74.8 Å². The van der Waals surface area contributed by atoms with Gasteiger partial charge in [-0.3, -0.25) is 19.1 Å². The van der Waals surface area contributed by atoms with Crippen molar-refractivity contribution in [3.8, 4) is 5.69 Å². The third kappa shape index (κ3) is 4.69. The predicted octanol–water partition coefficient (Wildman–Crippen LogP) is 1.85. The van der Waals surface area contributed by atoms with Crippen LogP contribution >= 0.6 is 0 Å². The van der Waals surface area contributed by atoms with E-state index in [0.717, 1.165) is 18.5 Å². The summed E-state index contributed by atoms with van der Waals surface area (Å²) in [5, 5.41) is 14.5. The molecule has 0 atom stereocenters. The standard InChI is InChI=1S/C23H26N8O2/c1-14-7-10-17(13-26-14)30-11-5-6-18(23(30)33)28-19-12-20(24-3)31(25-4)21(29-19)15(2)22(32)27-16-8-9-16/h5-7,10-13,16,24H,4,8-9H2,1-3H3,(H,27,32)(H,28,29)/b21-15+. The second-order valence-electron chi connectivity index (χ2n) is 7.81. The van der Waals surface area contributed by atoms with Crippen molar-refractivity contribution >= 4 is 24.1 Å². The number of hydrazone groups is 1. The molecule has 2 aromatic rings. The van der Waals surface area contributed by atoms with Gasteiger partial charge in [0.1, 0.15) is 17.3 Å². The first kappa shape index (κ1) is 22.0. The number of aryl methyl sites for hydroxylation is 1. The van der Waals surface area contributed by atoms with E-state index in [0.29, 0.717) is 34.4 Å². The zero-order valence-corrected chi connectivity index (χ0v) is 18.8. The summed E-state index contributed by atoms with van der Waals surface area (Å²) in [6.45, 7) is 7.17. The van der Waals surface area contributed by atoms with Gasteiger partial charge >= 0.3 is 0 Å². The van der Waals surface area contributed by atoms with E-state index >= 15 is 0 Å². The highest BCUT2D eigenvalue weighted by molar-refractivity contribution is 6.06. The molecule has 3 N–H and O–H groups in total. The zero-order valence-electron chi connectivity index (χ0n) is 18.8. The van der Waals surface area contributed by atoms with Crippen LogP contribution in [0.25, 0.3) is 5.69 Å². The van der Waals surface area contributed by atoms with Gasteiger partial charge in [0, 0.05) is 37.8 Å². The van der Waals surface area contributed by atoms with Crippen LogP contribution in [-0.4, -0.2) is 46.1 Å². The summed E-state index contributed by atoms with van der Waals surface area (Å²) in [5.41, 5.74) is 1.97. The van der Waals surface area contributed by atoms with E-state index in [-0.39, 0.29) is 17.5 Å². The number of hydrogen-bond acceptors (Lipinski definition) is 8. The normalized spacial score (nSPS) is 17.0. The van der Waals surface area contributed by atoms with Crippen LogP contribution in [0.4, 0.5) is 5.69 Å². The maximum Gasteiger partial charge on any atom is 0.278 e. The quantitative estimate of drug-likeness (QED) is 0.461. The number of anilines is 1. The fourth-order valence-electron chi connectivity index (χ4n) is 3.28. The molecule has 1 amide bonds. The number of rotatable bonds is 6. The third-order valence-corrected chi connectivity index (χ3v) is 5.30. The number of aromatic nitrogens is 2. The summed E-state index contributed by atoms with van der Waals surface area (Å²) in [6.07, 6.45) is 6.97. The van der Waals surface area contributed by atoms with Crippen molar-refractivity contribution in [1.29, 1.82) is 0 Å². The molecule has 4 rings (SSSR count). The van der Waals surface area contributed by atoms with Crippen LogP contribution < -0.4 is 21.5 Å². The molecule has 1 saturated carbocycles. The van der Waals surface area contributed by atoms with Crippen LogP contribution in [0.2, 0.25) is 0 Å². The second-order valence-corrected chi connectivity index (χ2v) is 7.81. The van der Waals surface area contributed by atoms with Crippen LogP contribution in [-0.2, 0) is 4.79 Å². The Bertz CT molecular complexity index is 1240. The number of amidine groups is 1. The molecular weight excluding hydrogens is 420 g/mol. The summed E-state index contributed by atoms with van der Waals surface area (Å²) in [5.74, 6) is 1.03. The van der Waals surface area contributed by atoms with Crippen LogP contribution in [0.5, 0.6) is 0 Å². The fourth-order valence-corrected chi connectivity index (χ4v) is 3.28. The molecule has 1 aliphatic carbocycles. The molecule has 0 spiro atoms. The van der Waals surface area contributed by atoms with Crippen molar-refractivity contribution in [1.82, 2.24) is 25.2 Å². The highest BCUT2D eigenvalue weighted by Gasteiger charge is 2.28. The number of hydrogen-bond donors (Lipinski definition) is 3. The zero-order chi connectivity index (χ0) is 23.5. The van der Waals surface area contributed by atoms with Crippen LogP contribution in [0.1, 0.15) is 25.5 Å². The summed E-state index contributed by atoms with van der Waals surface area (Å²) in [7, 11) is 1.73. The van der Waals surface area contributed by atoms with Gasteiger partial charge in [-0.1, -0.05) is 0 Å². The molecule has 10 nitrogen and oxygen atoms in total. The number of pyridine rings is 2. The largest absolute Gasteiger partial charge is 0.373 e. The first-order valence-electron chi connectivity index (χ1n) is 10.6. The van der Waals surface area contributed by atoms with Gasteiger partial charge in [-0.05, 0) is 51.0 Å². The average Bonchev–Trinajstić information content (AvgIpc) is 3.64. The van der Waals surface area contributed by atoms with E-state index in [9.17, 15) is 9.59 Å². The molecule has 0 aromatic carbocycles. The Hall–Kier alpha value is -4.21. The van der Waals surface area contributed by atoms with Gasteiger partial charge in [0.2, 0.25) is 0 Å². The topological polar surface area (TPSA) is 116 Å². The van der Waals surface area contributed by atoms with Crippen LogP contribution in [0, 0.1) is 6.92 Å². The first-order chi connectivity index (χ1) is 15.9. The highest BCUT2D eigenvalue weighted by atomic mass is 16.2. The average molecular weight is 447 g/mol. The molecule has 0 radical (unpaired) electrons. The van der Waals surface area contributed by atoms with Gasteiger partial charge in [-0.15, -0.1) is 0 Å². The molecule has 0 bridgehead atoms. The van der Waals surface area contributed by atoms with E-state index in [1.54, 1.807) is 44.6 Å². The van der Waals surface area contributed by atoms with E-state index in [2.05, 4.69) is 37.7 Å². The molecule has 1 fully saturated rings. The molecule has 170 valence electrons. The van der Waals surface area contributed by atoms with Crippen molar-refractivity contribution in [2.75, 3.05) is 12.4 Å². The molecule has 1 aliphatic heterocycles. The number of nitrogens with one attached hydrogen (secondary N) is 3. The minimum atomic E-state index is -0.261. The monoisotopic (exact) mass is 446 g/mol. The van der Waals surface area contributed by atoms with Gasteiger partial charge in [0.15, 0.2) is 5.82 Å². The first-order valence-corrected chi connectivity index (χ1v) is 10.6. The molecule has 2 aliphatic rings. The van der Waals surface area contributed by atoms with Gasteiger partial charge in [0.05, 0.1) is 17.5 Å². The minimum Gasteiger partial charge on any atom is -0.373 e. The Labute approximate surface area is 191 Å². The molecule has 0 unspecified atom stereocenters. The number of amides is 1. The van der Waals surface area contributed by atoms with E-state index in [1.165, 1.54) is 9.58 Å². The Morgan fingerprint density at radius 3 is 2.70 bits per heavy atom. The van der Waals surface area contributed by atoms with Gasteiger partial charge in [-0.25, -0.2) is 4.99 Å². The fraction of sp³-hybridized carbons (Fsp3) is 0.261. The summed E-state index contributed by atoms with van der Waals surface area (Å²) < 4.78 is 1.50. The number of nitrogens with zero attached hydrogens (tertiary/aromatic N) is 5. The lowest BCUT2D eigenvalue weighted by molar-refractivity contribution is -0.117. The Balaban J connectivity index is 1.70. The van der Waals surface area contributed by atoms with E-state index < -0.39 is 0 Å². The van der Waals surface area contributed by atoms with Crippen molar-refractivity contribution in [2.45, 2.75) is 32.7 Å². The van der Waals surface area contributed by atoms with Crippen molar-refractivity contribution < 1.29 is 4.79 Å². The molecule has 10 heteroatoms.